The minimum atomic E-state index is -0.0556. The Labute approximate surface area is 144 Å². The van der Waals surface area contributed by atoms with Crippen LogP contribution in [0.25, 0.3) is 10.6 Å². The molecule has 0 unspecified atom stereocenters. The summed E-state index contributed by atoms with van der Waals surface area (Å²) in [6, 6.07) is 6.18. The van der Waals surface area contributed by atoms with Crippen LogP contribution in [0.3, 0.4) is 0 Å². The second-order valence-electron chi connectivity index (χ2n) is 6.18. The molecule has 1 saturated carbocycles. The largest absolute Gasteiger partial charge is 0.454 e. The highest BCUT2D eigenvalue weighted by atomic mass is 32.1. The monoisotopic (exact) mass is 345 g/mol. The fraction of sp³-hybridized carbons (Fsp3) is 0.412. The summed E-state index contributed by atoms with van der Waals surface area (Å²) in [5.74, 6) is 1.40. The lowest BCUT2D eigenvalue weighted by Gasteiger charge is -2.26. The van der Waals surface area contributed by atoms with Crippen LogP contribution in [-0.4, -0.2) is 29.8 Å². The number of rotatable bonds is 3. The zero-order valence-corrected chi connectivity index (χ0v) is 14.0. The van der Waals surface area contributed by atoms with Crippen molar-refractivity contribution in [1.82, 2.24) is 10.3 Å². The van der Waals surface area contributed by atoms with Gasteiger partial charge in [-0.2, -0.15) is 0 Å². The van der Waals surface area contributed by atoms with Crippen LogP contribution in [0.2, 0.25) is 0 Å². The third kappa shape index (κ3) is 3.09. The van der Waals surface area contributed by atoms with Crippen molar-refractivity contribution >= 4 is 17.2 Å². The molecule has 0 spiro atoms. The number of amides is 1. The zero-order chi connectivity index (χ0) is 16.5. The number of aromatic nitrogens is 1. The van der Waals surface area contributed by atoms with Gasteiger partial charge in [0, 0.05) is 17.6 Å². The third-order valence-electron chi connectivity index (χ3n) is 4.46. The van der Waals surface area contributed by atoms with E-state index in [4.69, 9.17) is 15.2 Å². The Morgan fingerprint density at radius 3 is 2.83 bits per heavy atom. The summed E-state index contributed by atoms with van der Waals surface area (Å²) in [4.78, 5) is 17.4. The van der Waals surface area contributed by atoms with E-state index in [9.17, 15) is 4.79 Å². The molecule has 4 rings (SSSR count). The summed E-state index contributed by atoms with van der Waals surface area (Å²) < 4.78 is 10.7. The number of carbonyl (C=O) groups excluding carboxylic acids is 1. The highest BCUT2D eigenvalue weighted by Gasteiger charge is 2.22. The molecule has 0 atom stereocenters. The Morgan fingerprint density at radius 2 is 2.00 bits per heavy atom. The fourth-order valence-corrected chi connectivity index (χ4v) is 3.88. The molecule has 1 aliphatic carbocycles. The van der Waals surface area contributed by atoms with Gasteiger partial charge in [0.25, 0.3) is 5.91 Å². The molecular weight excluding hydrogens is 326 g/mol. The van der Waals surface area contributed by atoms with E-state index in [0.717, 1.165) is 42.0 Å². The second-order valence-corrected chi connectivity index (χ2v) is 7.21. The van der Waals surface area contributed by atoms with Gasteiger partial charge < -0.3 is 20.5 Å². The van der Waals surface area contributed by atoms with Gasteiger partial charge in [-0.25, -0.2) is 4.98 Å². The predicted molar refractivity (Wildman–Crippen MR) is 91.4 cm³/mol. The number of benzene rings is 1. The zero-order valence-electron chi connectivity index (χ0n) is 13.2. The number of hydrogen-bond acceptors (Lipinski definition) is 6. The molecule has 1 aromatic heterocycles. The van der Waals surface area contributed by atoms with Crippen molar-refractivity contribution in [3.63, 3.8) is 0 Å². The molecule has 6 nitrogen and oxygen atoms in total. The first-order chi connectivity index (χ1) is 11.7. The van der Waals surface area contributed by atoms with Crippen LogP contribution in [0, 0.1) is 0 Å². The molecule has 1 amide bonds. The third-order valence-corrected chi connectivity index (χ3v) is 5.50. The Balaban J connectivity index is 1.45. The molecule has 126 valence electrons. The van der Waals surface area contributed by atoms with Crippen LogP contribution in [0.4, 0.5) is 0 Å². The van der Waals surface area contributed by atoms with Gasteiger partial charge in [-0.3, -0.25) is 4.79 Å². The number of nitrogens with one attached hydrogen (secondary N) is 1. The Kier molecular flexibility index (Phi) is 4.12. The normalized spacial score (nSPS) is 22.4. The lowest BCUT2D eigenvalue weighted by atomic mass is 9.92. The summed E-state index contributed by atoms with van der Waals surface area (Å²) in [5.41, 5.74) is 6.83. The predicted octanol–water partition coefficient (Wildman–Crippen LogP) is 2.54. The van der Waals surface area contributed by atoms with Gasteiger partial charge in [0.2, 0.25) is 6.79 Å². The molecule has 0 radical (unpaired) electrons. The first-order valence-corrected chi connectivity index (χ1v) is 8.93. The smallest absolute Gasteiger partial charge is 0.263 e. The summed E-state index contributed by atoms with van der Waals surface area (Å²) in [6.45, 7) is 0.245. The maximum atomic E-state index is 12.4. The Hall–Kier alpha value is -2.12. The molecule has 1 fully saturated rings. The van der Waals surface area contributed by atoms with Gasteiger partial charge in [-0.05, 0) is 43.9 Å². The minimum Gasteiger partial charge on any atom is -0.454 e. The van der Waals surface area contributed by atoms with Crippen LogP contribution in [0.5, 0.6) is 11.5 Å². The van der Waals surface area contributed by atoms with Crippen LogP contribution < -0.4 is 20.5 Å². The van der Waals surface area contributed by atoms with E-state index in [1.807, 2.05) is 18.2 Å². The number of carbonyl (C=O) groups is 1. The molecular formula is C17H19N3O3S. The molecule has 2 aliphatic rings. The van der Waals surface area contributed by atoms with Crippen LogP contribution in [-0.2, 0) is 0 Å². The first-order valence-electron chi connectivity index (χ1n) is 8.11. The van der Waals surface area contributed by atoms with Gasteiger partial charge in [0.05, 0.1) is 6.20 Å². The molecule has 2 heterocycles. The lowest BCUT2D eigenvalue weighted by molar-refractivity contribution is 0.0930. The topological polar surface area (TPSA) is 86.5 Å². The first kappa shape index (κ1) is 15.4. The number of thiazole rings is 1. The second kappa shape index (κ2) is 6.41. The lowest BCUT2D eigenvalue weighted by Crippen LogP contribution is -2.40. The molecule has 0 bridgehead atoms. The van der Waals surface area contributed by atoms with Crippen molar-refractivity contribution < 1.29 is 14.3 Å². The van der Waals surface area contributed by atoms with E-state index >= 15 is 0 Å². The molecule has 24 heavy (non-hydrogen) atoms. The number of fused-ring (bicyclic) bond motifs is 1. The van der Waals surface area contributed by atoms with E-state index in [1.54, 1.807) is 6.20 Å². The summed E-state index contributed by atoms with van der Waals surface area (Å²) in [5, 5.41) is 3.89. The molecule has 1 aromatic carbocycles. The van der Waals surface area contributed by atoms with Gasteiger partial charge in [0.15, 0.2) is 11.5 Å². The van der Waals surface area contributed by atoms with E-state index in [2.05, 4.69) is 10.3 Å². The molecule has 1 aliphatic heterocycles. The average Bonchev–Trinajstić information content (AvgIpc) is 3.25. The van der Waals surface area contributed by atoms with Crippen LogP contribution in [0.1, 0.15) is 35.4 Å². The Bertz CT molecular complexity index is 753. The van der Waals surface area contributed by atoms with E-state index in [1.165, 1.54) is 11.3 Å². The molecule has 0 saturated heterocycles. The number of nitrogens with zero attached hydrogens (tertiary/aromatic N) is 1. The highest BCUT2D eigenvalue weighted by Crippen LogP contribution is 2.37. The van der Waals surface area contributed by atoms with Gasteiger partial charge in [0.1, 0.15) is 9.88 Å². The van der Waals surface area contributed by atoms with Crippen LogP contribution in [0.15, 0.2) is 24.4 Å². The van der Waals surface area contributed by atoms with Gasteiger partial charge in [-0.15, -0.1) is 11.3 Å². The van der Waals surface area contributed by atoms with E-state index in [0.29, 0.717) is 10.6 Å². The quantitative estimate of drug-likeness (QED) is 0.893. The summed E-state index contributed by atoms with van der Waals surface area (Å²) >= 11 is 1.38. The average molecular weight is 345 g/mol. The standard InChI is InChI=1S/C17H19N3O3S/c18-11-2-4-12(5-3-11)20-16(21)15-8-19-17(24-15)10-1-6-13-14(7-10)23-9-22-13/h1,6-8,11-12H,2-5,9,18H2,(H,20,21). The van der Waals surface area contributed by atoms with Crippen molar-refractivity contribution in [1.29, 1.82) is 0 Å². The van der Waals surface area contributed by atoms with E-state index in [-0.39, 0.29) is 24.8 Å². The number of nitrogens with two attached hydrogens (primary N) is 1. The van der Waals surface area contributed by atoms with Gasteiger partial charge in [-0.1, -0.05) is 0 Å². The maximum Gasteiger partial charge on any atom is 0.263 e. The fourth-order valence-electron chi connectivity index (χ4n) is 3.06. The molecule has 2 aromatic rings. The Morgan fingerprint density at radius 1 is 1.21 bits per heavy atom. The number of hydrogen-bond donors (Lipinski definition) is 2. The summed E-state index contributed by atoms with van der Waals surface area (Å²) in [7, 11) is 0. The van der Waals surface area contributed by atoms with Crippen molar-refractivity contribution in [3.05, 3.63) is 29.3 Å². The molecule has 7 heteroatoms. The van der Waals surface area contributed by atoms with Crippen LogP contribution >= 0.6 is 11.3 Å². The van der Waals surface area contributed by atoms with Crippen molar-refractivity contribution in [2.45, 2.75) is 37.8 Å². The maximum absolute atomic E-state index is 12.4. The molecule has 3 N–H and O–H groups in total. The number of ether oxygens (including phenoxy) is 2. The van der Waals surface area contributed by atoms with Gasteiger partial charge >= 0.3 is 0 Å². The highest BCUT2D eigenvalue weighted by molar-refractivity contribution is 7.16. The van der Waals surface area contributed by atoms with Crippen molar-refractivity contribution in [2.24, 2.45) is 5.73 Å². The summed E-state index contributed by atoms with van der Waals surface area (Å²) in [6.07, 6.45) is 5.46. The van der Waals surface area contributed by atoms with Crippen molar-refractivity contribution in [3.8, 4) is 22.1 Å². The SMILES string of the molecule is NC1CCC(NC(=O)c2cnc(-c3ccc4c(c3)OCO4)s2)CC1. The van der Waals surface area contributed by atoms with Crippen molar-refractivity contribution in [2.75, 3.05) is 6.79 Å². The van der Waals surface area contributed by atoms with E-state index < -0.39 is 0 Å². The minimum absolute atomic E-state index is 0.0556.